The first-order valence-electron chi connectivity index (χ1n) is 9.09. The number of hydrogen-bond donors (Lipinski definition) is 0. The Balaban J connectivity index is 1.58. The van der Waals surface area contributed by atoms with Crippen molar-refractivity contribution in [3.8, 4) is 11.4 Å². The summed E-state index contributed by atoms with van der Waals surface area (Å²) in [6.07, 6.45) is 5.73. The van der Waals surface area contributed by atoms with Crippen molar-refractivity contribution in [2.45, 2.75) is 24.5 Å². The minimum atomic E-state index is 0.176. The molecule has 3 aromatic rings. The van der Waals surface area contributed by atoms with E-state index >= 15 is 0 Å². The minimum Gasteiger partial charge on any atom is -0.342 e. The highest BCUT2D eigenvalue weighted by molar-refractivity contribution is 7.99. The third-order valence-corrected chi connectivity index (χ3v) is 5.56. The molecule has 4 rings (SSSR count). The predicted molar refractivity (Wildman–Crippen MR) is 105 cm³/mol. The molecule has 0 bridgehead atoms. The number of nitrogens with zero attached hydrogens (tertiary/aromatic N) is 5. The third kappa shape index (κ3) is 4.19. The molecular weight excluding hydrogens is 358 g/mol. The molecule has 1 aromatic carbocycles. The number of aromatic nitrogens is 4. The van der Waals surface area contributed by atoms with Gasteiger partial charge in [0, 0.05) is 31.0 Å². The van der Waals surface area contributed by atoms with Gasteiger partial charge in [-0.2, -0.15) is 0 Å². The zero-order chi connectivity index (χ0) is 18.5. The van der Waals surface area contributed by atoms with Crippen LogP contribution < -0.4 is 0 Å². The third-order valence-electron chi connectivity index (χ3n) is 4.60. The van der Waals surface area contributed by atoms with E-state index in [9.17, 15) is 4.79 Å². The number of carbonyl (C=O) groups is 1. The van der Waals surface area contributed by atoms with Crippen LogP contribution in [0, 0.1) is 0 Å². The molecule has 0 saturated carbocycles. The summed E-state index contributed by atoms with van der Waals surface area (Å²) in [6, 6.07) is 14.1. The molecule has 1 fully saturated rings. The summed E-state index contributed by atoms with van der Waals surface area (Å²) < 4.78 is 2.06. The zero-order valence-corrected chi connectivity index (χ0v) is 15.8. The van der Waals surface area contributed by atoms with Crippen LogP contribution in [-0.4, -0.2) is 49.4 Å². The molecule has 6 nitrogen and oxygen atoms in total. The van der Waals surface area contributed by atoms with Gasteiger partial charge >= 0.3 is 0 Å². The van der Waals surface area contributed by atoms with E-state index < -0.39 is 0 Å². The van der Waals surface area contributed by atoms with Crippen molar-refractivity contribution < 1.29 is 4.79 Å². The van der Waals surface area contributed by atoms with Crippen LogP contribution in [0.5, 0.6) is 0 Å². The van der Waals surface area contributed by atoms with Crippen molar-refractivity contribution in [1.82, 2.24) is 24.6 Å². The van der Waals surface area contributed by atoms with Gasteiger partial charge in [-0.1, -0.05) is 42.1 Å². The van der Waals surface area contributed by atoms with Gasteiger partial charge in [-0.15, -0.1) is 10.2 Å². The zero-order valence-electron chi connectivity index (χ0n) is 15.0. The van der Waals surface area contributed by atoms with E-state index in [0.717, 1.165) is 48.0 Å². The number of thioether (sulfide) groups is 1. The van der Waals surface area contributed by atoms with Gasteiger partial charge in [0.1, 0.15) is 0 Å². The van der Waals surface area contributed by atoms with Gasteiger partial charge < -0.3 is 4.90 Å². The largest absolute Gasteiger partial charge is 0.342 e. The van der Waals surface area contributed by atoms with E-state index in [1.54, 1.807) is 12.4 Å². The van der Waals surface area contributed by atoms with Gasteiger partial charge in [-0.3, -0.25) is 14.3 Å². The molecule has 0 N–H and O–H groups in total. The van der Waals surface area contributed by atoms with Gasteiger partial charge in [0.25, 0.3) is 0 Å². The average Bonchev–Trinajstić information content (AvgIpc) is 3.38. The molecule has 0 radical (unpaired) electrons. The van der Waals surface area contributed by atoms with Crippen LogP contribution in [0.2, 0.25) is 0 Å². The van der Waals surface area contributed by atoms with E-state index in [-0.39, 0.29) is 5.91 Å². The molecule has 0 spiro atoms. The van der Waals surface area contributed by atoms with Crippen LogP contribution in [0.3, 0.4) is 0 Å². The average molecular weight is 379 g/mol. The Morgan fingerprint density at radius 1 is 1.04 bits per heavy atom. The fourth-order valence-electron chi connectivity index (χ4n) is 3.20. The fraction of sp³-hybridized carbons (Fsp3) is 0.300. The van der Waals surface area contributed by atoms with Gasteiger partial charge in [-0.25, -0.2) is 0 Å². The molecule has 138 valence electrons. The second kappa shape index (κ2) is 8.35. The molecule has 0 aliphatic carbocycles. The Morgan fingerprint density at radius 2 is 1.85 bits per heavy atom. The lowest BCUT2D eigenvalue weighted by molar-refractivity contribution is -0.127. The maximum absolute atomic E-state index is 12.4. The van der Waals surface area contributed by atoms with Crippen LogP contribution in [-0.2, 0) is 11.3 Å². The second-order valence-corrected chi connectivity index (χ2v) is 7.44. The van der Waals surface area contributed by atoms with Crippen LogP contribution in [0.25, 0.3) is 11.4 Å². The topological polar surface area (TPSA) is 63.9 Å². The summed E-state index contributed by atoms with van der Waals surface area (Å²) in [7, 11) is 0. The Bertz CT molecular complexity index is 891. The highest BCUT2D eigenvalue weighted by Crippen LogP contribution is 2.25. The Morgan fingerprint density at radius 3 is 2.59 bits per heavy atom. The van der Waals surface area contributed by atoms with Crippen molar-refractivity contribution >= 4 is 17.7 Å². The maximum atomic E-state index is 12.4. The van der Waals surface area contributed by atoms with Gasteiger partial charge in [0.15, 0.2) is 11.0 Å². The number of amides is 1. The lowest BCUT2D eigenvalue weighted by atomic mass is 10.2. The van der Waals surface area contributed by atoms with Gasteiger partial charge in [0.2, 0.25) is 5.91 Å². The monoisotopic (exact) mass is 379 g/mol. The molecule has 0 atom stereocenters. The molecular formula is C20H21N5OS. The Labute approximate surface area is 162 Å². The first-order chi connectivity index (χ1) is 13.3. The first kappa shape index (κ1) is 17.7. The molecule has 3 heterocycles. The highest BCUT2D eigenvalue weighted by Gasteiger charge is 2.20. The summed E-state index contributed by atoms with van der Waals surface area (Å²) in [6.45, 7) is 2.40. The number of rotatable bonds is 6. The molecule has 0 unspecified atom stereocenters. The van der Waals surface area contributed by atoms with Crippen molar-refractivity contribution in [2.75, 3.05) is 18.8 Å². The lowest BCUT2D eigenvalue weighted by Gasteiger charge is -2.15. The quantitative estimate of drug-likeness (QED) is 0.616. The van der Waals surface area contributed by atoms with E-state index in [0.29, 0.717) is 12.3 Å². The molecule has 2 aromatic heterocycles. The van der Waals surface area contributed by atoms with Crippen LogP contribution in [0.4, 0.5) is 0 Å². The second-order valence-electron chi connectivity index (χ2n) is 6.50. The van der Waals surface area contributed by atoms with Crippen molar-refractivity contribution in [2.24, 2.45) is 0 Å². The van der Waals surface area contributed by atoms with E-state index in [1.807, 2.05) is 35.2 Å². The smallest absolute Gasteiger partial charge is 0.233 e. The maximum Gasteiger partial charge on any atom is 0.233 e. The first-order valence-corrected chi connectivity index (χ1v) is 10.1. The predicted octanol–water partition coefficient (Wildman–Crippen LogP) is 3.10. The summed E-state index contributed by atoms with van der Waals surface area (Å²) in [5, 5.41) is 9.50. The van der Waals surface area contributed by atoms with Crippen molar-refractivity contribution in [3.63, 3.8) is 0 Å². The van der Waals surface area contributed by atoms with Crippen LogP contribution in [0.1, 0.15) is 18.4 Å². The Kier molecular flexibility index (Phi) is 5.48. The van der Waals surface area contributed by atoms with Gasteiger partial charge in [0.05, 0.1) is 12.3 Å². The number of carbonyl (C=O) groups excluding carboxylic acids is 1. The number of benzene rings is 1. The molecule has 1 saturated heterocycles. The molecule has 1 aliphatic rings. The van der Waals surface area contributed by atoms with E-state index in [1.165, 1.54) is 11.8 Å². The molecule has 1 aliphatic heterocycles. The minimum absolute atomic E-state index is 0.176. The van der Waals surface area contributed by atoms with Crippen LogP contribution >= 0.6 is 11.8 Å². The van der Waals surface area contributed by atoms with Crippen molar-refractivity contribution in [3.05, 3.63) is 60.4 Å². The lowest BCUT2D eigenvalue weighted by Crippen LogP contribution is -2.29. The van der Waals surface area contributed by atoms with Gasteiger partial charge in [-0.05, 0) is 30.5 Å². The summed E-state index contributed by atoms with van der Waals surface area (Å²) in [4.78, 5) is 18.5. The molecule has 27 heavy (non-hydrogen) atoms. The Hall–Kier alpha value is -2.67. The van der Waals surface area contributed by atoms with E-state index in [2.05, 4.69) is 31.9 Å². The standard InChI is InChI=1S/C20H21N5OS/c26-18(24-11-4-5-12-24)15-27-20-23-22-19(17-9-6-10-21-13-17)25(20)14-16-7-2-1-3-8-16/h1-3,6-10,13H,4-5,11-12,14-15H2. The number of pyridine rings is 1. The fourth-order valence-corrected chi connectivity index (χ4v) is 4.04. The van der Waals surface area contributed by atoms with Crippen molar-refractivity contribution in [1.29, 1.82) is 0 Å². The summed E-state index contributed by atoms with van der Waals surface area (Å²) >= 11 is 1.45. The SMILES string of the molecule is O=C(CSc1nnc(-c2cccnc2)n1Cc1ccccc1)N1CCCC1. The molecule has 7 heteroatoms. The normalized spacial score (nSPS) is 13.9. The summed E-state index contributed by atoms with van der Waals surface area (Å²) in [5.74, 6) is 1.33. The van der Waals surface area contributed by atoms with Crippen LogP contribution in [0.15, 0.2) is 60.0 Å². The summed E-state index contributed by atoms with van der Waals surface area (Å²) in [5.41, 5.74) is 2.08. The number of likely N-dealkylation sites (tertiary alicyclic amines) is 1. The number of hydrogen-bond acceptors (Lipinski definition) is 5. The van der Waals surface area contributed by atoms with E-state index in [4.69, 9.17) is 0 Å². The molecule has 1 amide bonds. The highest BCUT2D eigenvalue weighted by atomic mass is 32.2.